The quantitative estimate of drug-likeness (QED) is 0.811. The first-order chi connectivity index (χ1) is 10.4. The lowest BCUT2D eigenvalue weighted by Gasteiger charge is -2.36. The molecule has 2 atom stereocenters. The van der Waals surface area contributed by atoms with Crippen LogP contribution in [0.5, 0.6) is 0 Å². The molecule has 2 rings (SSSR count). The van der Waals surface area contributed by atoms with Crippen LogP contribution in [0.25, 0.3) is 0 Å². The second kappa shape index (κ2) is 6.38. The Morgan fingerprint density at radius 1 is 1.23 bits per heavy atom. The molecular weight excluding hydrogens is 288 g/mol. The predicted octanol–water partition coefficient (Wildman–Crippen LogP) is -0.0541. The van der Waals surface area contributed by atoms with E-state index in [-0.39, 0.29) is 6.42 Å². The van der Waals surface area contributed by atoms with Gasteiger partial charge in [-0.1, -0.05) is 30.3 Å². The Balaban J connectivity index is 2.23. The van der Waals surface area contributed by atoms with Gasteiger partial charge in [-0.15, -0.1) is 0 Å². The third kappa shape index (κ3) is 3.30. The fraction of sp³-hybridized carbons (Fsp3) is 0.333. The van der Waals surface area contributed by atoms with Crippen LogP contribution >= 0.6 is 0 Å². The number of aliphatic carboxylic acids is 1. The van der Waals surface area contributed by atoms with E-state index < -0.39 is 42.2 Å². The average molecular weight is 304 g/mol. The van der Waals surface area contributed by atoms with Gasteiger partial charge in [-0.3, -0.25) is 24.1 Å². The van der Waals surface area contributed by atoms with Gasteiger partial charge in [0.05, 0.1) is 6.42 Å². The van der Waals surface area contributed by atoms with Crippen molar-refractivity contribution in [3.05, 3.63) is 35.9 Å². The Kier molecular flexibility index (Phi) is 4.55. The molecule has 1 fully saturated rings. The van der Waals surface area contributed by atoms with Crippen molar-refractivity contribution < 1.29 is 24.3 Å². The molecule has 1 aliphatic rings. The second-order valence-corrected chi connectivity index (χ2v) is 5.09. The number of amides is 3. The van der Waals surface area contributed by atoms with Gasteiger partial charge < -0.3 is 10.4 Å². The fourth-order valence-corrected chi connectivity index (χ4v) is 2.48. The number of hydrogen-bond acceptors (Lipinski definition) is 4. The summed E-state index contributed by atoms with van der Waals surface area (Å²) in [6.45, 7) is 1.14. The maximum absolute atomic E-state index is 12.4. The van der Waals surface area contributed by atoms with E-state index in [9.17, 15) is 19.2 Å². The molecule has 1 aromatic carbocycles. The highest BCUT2D eigenvalue weighted by atomic mass is 16.4. The van der Waals surface area contributed by atoms with Crippen LogP contribution in [0.1, 0.15) is 18.9 Å². The van der Waals surface area contributed by atoms with E-state index in [1.165, 1.54) is 0 Å². The maximum Gasteiger partial charge on any atom is 0.306 e. The lowest BCUT2D eigenvalue weighted by molar-refractivity contribution is -0.159. The van der Waals surface area contributed by atoms with Crippen LogP contribution in [0.2, 0.25) is 0 Å². The van der Waals surface area contributed by atoms with Gasteiger partial charge >= 0.3 is 5.97 Å². The summed E-state index contributed by atoms with van der Waals surface area (Å²) >= 11 is 0. The monoisotopic (exact) mass is 304 g/mol. The molecule has 0 saturated carbocycles. The largest absolute Gasteiger partial charge is 0.481 e. The number of nitrogens with one attached hydrogen (secondary N) is 1. The molecule has 116 valence electrons. The van der Waals surface area contributed by atoms with E-state index in [1.54, 1.807) is 24.3 Å². The van der Waals surface area contributed by atoms with Gasteiger partial charge in [-0.05, 0) is 5.56 Å². The summed E-state index contributed by atoms with van der Waals surface area (Å²) in [6.07, 6.45) is -0.357. The minimum Gasteiger partial charge on any atom is -0.481 e. The van der Waals surface area contributed by atoms with E-state index in [0.717, 1.165) is 17.4 Å². The van der Waals surface area contributed by atoms with Crippen molar-refractivity contribution in [1.29, 1.82) is 0 Å². The summed E-state index contributed by atoms with van der Waals surface area (Å²) in [5.74, 6) is -3.09. The standard InChI is InChI=1S/C15H16N2O5/c1-9(18)17-12(8-13(19)20)14(21)16-11(15(17)22)7-10-5-3-2-4-6-10/h2-6,11-12H,7-8H2,1H3,(H,16,21)(H,19,20)/t11-,12+/m1/s1. The zero-order valence-electron chi connectivity index (χ0n) is 12.0. The third-order valence-electron chi connectivity index (χ3n) is 3.46. The molecule has 2 N–H and O–H groups in total. The van der Waals surface area contributed by atoms with Gasteiger partial charge in [0.15, 0.2) is 0 Å². The molecule has 0 spiro atoms. The molecular formula is C15H16N2O5. The van der Waals surface area contributed by atoms with Gasteiger partial charge in [0, 0.05) is 13.3 Å². The van der Waals surface area contributed by atoms with Crippen molar-refractivity contribution in [3.8, 4) is 0 Å². The van der Waals surface area contributed by atoms with Crippen LogP contribution < -0.4 is 5.32 Å². The first-order valence-electron chi connectivity index (χ1n) is 6.80. The van der Waals surface area contributed by atoms with Crippen molar-refractivity contribution in [1.82, 2.24) is 10.2 Å². The van der Waals surface area contributed by atoms with Crippen LogP contribution in [-0.4, -0.2) is 45.8 Å². The Hall–Kier alpha value is -2.70. The molecule has 0 aliphatic carbocycles. The first kappa shape index (κ1) is 15.7. The smallest absolute Gasteiger partial charge is 0.306 e. The molecule has 0 bridgehead atoms. The van der Waals surface area contributed by atoms with Crippen LogP contribution in [0.15, 0.2) is 30.3 Å². The molecule has 1 heterocycles. The molecule has 22 heavy (non-hydrogen) atoms. The second-order valence-electron chi connectivity index (χ2n) is 5.09. The number of carbonyl (C=O) groups excluding carboxylic acids is 3. The molecule has 3 amide bonds. The van der Waals surface area contributed by atoms with E-state index in [2.05, 4.69) is 5.32 Å². The number of imide groups is 1. The summed E-state index contributed by atoms with van der Waals surface area (Å²) in [5, 5.41) is 11.4. The summed E-state index contributed by atoms with van der Waals surface area (Å²) in [4.78, 5) is 47.7. The fourth-order valence-electron chi connectivity index (χ4n) is 2.48. The van der Waals surface area contributed by atoms with Crippen molar-refractivity contribution in [2.45, 2.75) is 31.8 Å². The summed E-state index contributed by atoms with van der Waals surface area (Å²) in [7, 11) is 0. The molecule has 0 aromatic heterocycles. The number of nitrogens with zero attached hydrogens (tertiary/aromatic N) is 1. The van der Waals surface area contributed by atoms with Crippen LogP contribution in [0.4, 0.5) is 0 Å². The van der Waals surface area contributed by atoms with Gasteiger partial charge in [0.25, 0.3) is 5.91 Å². The molecule has 1 aromatic rings. The normalized spacial score (nSPS) is 21.4. The topological polar surface area (TPSA) is 104 Å². The van der Waals surface area contributed by atoms with Crippen LogP contribution in [0, 0.1) is 0 Å². The molecule has 1 aliphatic heterocycles. The van der Waals surface area contributed by atoms with Gasteiger partial charge in [0.2, 0.25) is 11.8 Å². The van der Waals surface area contributed by atoms with Crippen molar-refractivity contribution in [3.63, 3.8) is 0 Å². The predicted molar refractivity (Wildman–Crippen MR) is 75.6 cm³/mol. The Bertz CT molecular complexity index is 614. The van der Waals surface area contributed by atoms with Crippen LogP contribution in [-0.2, 0) is 25.6 Å². The highest BCUT2D eigenvalue weighted by Crippen LogP contribution is 2.16. The van der Waals surface area contributed by atoms with Crippen LogP contribution in [0.3, 0.4) is 0 Å². The highest BCUT2D eigenvalue weighted by molar-refractivity contribution is 6.07. The lowest BCUT2D eigenvalue weighted by atomic mass is 9.99. The van der Waals surface area contributed by atoms with Gasteiger partial charge in [-0.2, -0.15) is 0 Å². The zero-order valence-corrected chi connectivity index (χ0v) is 12.0. The number of hydrogen-bond donors (Lipinski definition) is 2. The van der Waals surface area contributed by atoms with Crippen molar-refractivity contribution in [2.24, 2.45) is 0 Å². The van der Waals surface area contributed by atoms with E-state index >= 15 is 0 Å². The first-order valence-corrected chi connectivity index (χ1v) is 6.80. The van der Waals surface area contributed by atoms with Crippen molar-refractivity contribution >= 4 is 23.7 Å². The summed E-state index contributed by atoms with van der Waals surface area (Å²) in [5.41, 5.74) is 0.835. The number of carbonyl (C=O) groups is 4. The Morgan fingerprint density at radius 2 is 1.86 bits per heavy atom. The number of piperazine rings is 1. The minimum atomic E-state index is -1.30. The Morgan fingerprint density at radius 3 is 2.41 bits per heavy atom. The van der Waals surface area contributed by atoms with Gasteiger partial charge in [-0.25, -0.2) is 0 Å². The molecule has 7 nitrogen and oxygen atoms in total. The maximum atomic E-state index is 12.4. The average Bonchev–Trinajstić information content (AvgIpc) is 2.44. The number of rotatable bonds is 4. The lowest BCUT2D eigenvalue weighted by Crippen LogP contribution is -2.65. The minimum absolute atomic E-state index is 0.245. The molecule has 1 saturated heterocycles. The third-order valence-corrected chi connectivity index (χ3v) is 3.46. The SMILES string of the molecule is CC(=O)N1C(=O)[C@@H](Cc2ccccc2)NC(=O)[C@@H]1CC(=O)O. The molecule has 0 unspecified atom stereocenters. The number of carboxylic acid groups (broad SMARTS) is 1. The zero-order chi connectivity index (χ0) is 16.3. The van der Waals surface area contributed by atoms with Crippen molar-refractivity contribution in [2.75, 3.05) is 0 Å². The van der Waals surface area contributed by atoms with Gasteiger partial charge in [0.1, 0.15) is 12.1 Å². The Labute approximate surface area is 126 Å². The summed E-state index contributed by atoms with van der Waals surface area (Å²) in [6, 6.07) is 6.89. The van der Waals surface area contributed by atoms with E-state index in [4.69, 9.17) is 5.11 Å². The summed E-state index contributed by atoms with van der Waals surface area (Å²) < 4.78 is 0. The van der Waals surface area contributed by atoms with E-state index in [0.29, 0.717) is 0 Å². The number of carboxylic acids is 1. The number of benzene rings is 1. The van der Waals surface area contributed by atoms with E-state index in [1.807, 2.05) is 6.07 Å². The highest BCUT2D eigenvalue weighted by Gasteiger charge is 2.43. The molecule has 7 heteroatoms. The molecule has 0 radical (unpaired) electrons.